The van der Waals surface area contributed by atoms with Gasteiger partial charge in [-0.1, -0.05) is 30.3 Å². The van der Waals surface area contributed by atoms with Crippen molar-refractivity contribution in [2.75, 3.05) is 27.2 Å². The molecular weight excluding hydrogens is 352 g/mol. The van der Waals surface area contributed by atoms with Gasteiger partial charge in [0.15, 0.2) is 0 Å². The molecule has 0 amide bonds. The summed E-state index contributed by atoms with van der Waals surface area (Å²) in [6.07, 6.45) is 1.49. The van der Waals surface area contributed by atoms with E-state index in [4.69, 9.17) is 4.74 Å². The van der Waals surface area contributed by atoms with Gasteiger partial charge in [0, 0.05) is 6.54 Å². The molecule has 0 bridgehead atoms. The van der Waals surface area contributed by atoms with Crippen LogP contribution < -0.4 is 9.47 Å². The molecular formula is C21H27F2NO3. The van der Waals surface area contributed by atoms with Gasteiger partial charge in [-0.2, -0.15) is 8.78 Å². The summed E-state index contributed by atoms with van der Waals surface area (Å²) in [5.41, 5.74) is 1.92. The third kappa shape index (κ3) is 7.93. The highest BCUT2D eigenvalue weighted by atomic mass is 19.3. The second-order valence-corrected chi connectivity index (χ2v) is 6.69. The number of para-hydroxylation sites is 1. The Morgan fingerprint density at radius 2 is 1.81 bits per heavy atom. The number of aliphatic hydroxyl groups excluding tert-OH is 1. The van der Waals surface area contributed by atoms with Crippen LogP contribution in [-0.4, -0.2) is 50.0 Å². The summed E-state index contributed by atoms with van der Waals surface area (Å²) in [4.78, 5) is 2.02. The Hall–Kier alpha value is -2.18. The van der Waals surface area contributed by atoms with Crippen molar-refractivity contribution in [2.24, 2.45) is 0 Å². The molecule has 1 unspecified atom stereocenters. The van der Waals surface area contributed by atoms with Crippen molar-refractivity contribution >= 4 is 0 Å². The van der Waals surface area contributed by atoms with Gasteiger partial charge in [0.25, 0.3) is 0 Å². The van der Waals surface area contributed by atoms with Crippen LogP contribution in [0.5, 0.6) is 11.5 Å². The Morgan fingerprint density at radius 1 is 1.04 bits per heavy atom. The van der Waals surface area contributed by atoms with Crippen molar-refractivity contribution in [1.29, 1.82) is 0 Å². The van der Waals surface area contributed by atoms with E-state index in [1.54, 1.807) is 12.1 Å². The van der Waals surface area contributed by atoms with Crippen LogP contribution in [0.1, 0.15) is 17.5 Å². The van der Waals surface area contributed by atoms with Gasteiger partial charge in [0.2, 0.25) is 0 Å². The van der Waals surface area contributed by atoms with Crippen molar-refractivity contribution in [3.05, 3.63) is 59.7 Å². The lowest BCUT2D eigenvalue weighted by atomic mass is 10.0. The smallest absolute Gasteiger partial charge is 0.387 e. The molecule has 0 spiro atoms. The zero-order chi connectivity index (χ0) is 19.6. The fraction of sp³-hybridized carbons (Fsp3) is 0.429. The average Bonchev–Trinajstić information content (AvgIpc) is 2.63. The fourth-order valence-corrected chi connectivity index (χ4v) is 2.68. The van der Waals surface area contributed by atoms with Gasteiger partial charge in [0.1, 0.15) is 18.1 Å². The molecule has 2 aromatic rings. The van der Waals surface area contributed by atoms with Gasteiger partial charge < -0.3 is 19.5 Å². The first kappa shape index (κ1) is 21.1. The number of alkyl halides is 2. The molecule has 2 rings (SSSR count). The molecule has 0 aliphatic carbocycles. The van der Waals surface area contributed by atoms with Crippen LogP contribution >= 0.6 is 0 Å². The van der Waals surface area contributed by atoms with Crippen LogP contribution in [0.15, 0.2) is 48.5 Å². The van der Waals surface area contributed by atoms with Crippen LogP contribution in [-0.2, 0) is 12.8 Å². The highest BCUT2D eigenvalue weighted by Gasteiger charge is 2.10. The third-order valence-corrected chi connectivity index (χ3v) is 4.12. The number of hydrogen-bond donors (Lipinski definition) is 1. The van der Waals surface area contributed by atoms with E-state index in [9.17, 15) is 13.9 Å². The second-order valence-electron chi connectivity index (χ2n) is 6.69. The van der Waals surface area contributed by atoms with Crippen molar-refractivity contribution in [3.8, 4) is 11.5 Å². The largest absolute Gasteiger partial charge is 0.491 e. The van der Waals surface area contributed by atoms with Gasteiger partial charge in [-0.15, -0.1) is 0 Å². The molecule has 0 saturated carbocycles. The SMILES string of the molecule is CN(C)CCC(O)COc1ccccc1CCc1cccc(OC(F)F)c1. The number of benzene rings is 2. The van der Waals surface area contributed by atoms with E-state index >= 15 is 0 Å². The van der Waals surface area contributed by atoms with Gasteiger partial charge in [-0.25, -0.2) is 0 Å². The standard InChI is InChI=1S/C21H27F2NO3/c1-24(2)13-12-18(25)15-26-20-9-4-3-7-17(20)11-10-16-6-5-8-19(14-16)27-21(22)23/h3-9,14,18,21,25H,10-13,15H2,1-2H3. The Morgan fingerprint density at radius 3 is 2.56 bits per heavy atom. The summed E-state index contributed by atoms with van der Waals surface area (Å²) in [5.74, 6) is 0.900. The zero-order valence-corrected chi connectivity index (χ0v) is 15.8. The van der Waals surface area contributed by atoms with Gasteiger partial charge in [0.05, 0.1) is 6.10 Å². The minimum atomic E-state index is -2.83. The first-order valence-electron chi connectivity index (χ1n) is 9.01. The van der Waals surface area contributed by atoms with Crippen molar-refractivity contribution in [2.45, 2.75) is 32.0 Å². The third-order valence-electron chi connectivity index (χ3n) is 4.12. The summed E-state index contributed by atoms with van der Waals surface area (Å²) in [5, 5.41) is 10.0. The molecule has 1 N–H and O–H groups in total. The molecule has 0 radical (unpaired) electrons. The van der Waals surface area contributed by atoms with E-state index < -0.39 is 12.7 Å². The Kier molecular flexibility index (Phi) is 8.48. The lowest BCUT2D eigenvalue weighted by Gasteiger charge is -2.17. The summed E-state index contributed by atoms with van der Waals surface area (Å²) in [7, 11) is 3.93. The van der Waals surface area contributed by atoms with Gasteiger partial charge in [-0.05, 0) is 62.7 Å². The lowest BCUT2D eigenvalue weighted by molar-refractivity contribution is -0.0498. The highest BCUT2D eigenvalue weighted by molar-refractivity contribution is 5.35. The number of hydrogen-bond acceptors (Lipinski definition) is 4. The number of nitrogens with zero attached hydrogens (tertiary/aromatic N) is 1. The molecule has 27 heavy (non-hydrogen) atoms. The first-order valence-corrected chi connectivity index (χ1v) is 9.01. The summed E-state index contributed by atoms with van der Waals surface area (Å²) < 4.78 is 34.9. The fourth-order valence-electron chi connectivity index (χ4n) is 2.68. The molecule has 0 aromatic heterocycles. The summed E-state index contributed by atoms with van der Waals surface area (Å²) in [6.45, 7) is -1.79. The summed E-state index contributed by atoms with van der Waals surface area (Å²) >= 11 is 0. The maximum Gasteiger partial charge on any atom is 0.387 e. The monoisotopic (exact) mass is 379 g/mol. The van der Waals surface area contributed by atoms with Crippen molar-refractivity contribution < 1.29 is 23.4 Å². The topological polar surface area (TPSA) is 41.9 Å². The molecule has 1 atom stereocenters. The number of aryl methyl sites for hydroxylation is 2. The van der Waals surface area contributed by atoms with E-state index in [2.05, 4.69) is 4.74 Å². The molecule has 0 saturated heterocycles. The quantitative estimate of drug-likeness (QED) is 0.645. The minimum absolute atomic E-state index is 0.163. The predicted molar refractivity (Wildman–Crippen MR) is 102 cm³/mol. The van der Waals surface area contributed by atoms with Crippen LogP contribution in [0.2, 0.25) is 0 Å². The van der Waals surface area contributed by atoms with Gasteiger partial charge >= 0.3 is 6.61 Å². The number of ether oxygens (including phenoxy) is 2. The summed E-state index contributed by atoms with van der Waals surface area (Å²) in [6, 6.07) is 14.4. The maximum absolute atomic E-state index is 12.3. The molecule has 0 aliphatic heterocycles. The van der Waals surface area contributed by atoms with Crippen molar-refractivity contribution in [1.82, 2.24) is 4.90 Å². The molecule has 0 fully saturated rings. The van der Waals surface area contributed by atoms with E-state index in [1.807, 2.05) is 49.3 Å². The normalized spacial score (nSPS) is 12.4. The number of aliphatic hydroxyl groups is 1. The lowest BCUT2D eigenvalue weighted by Crippen LogP contribution is -2.24. The van der Waals surface area contributed by atoms with E-state index in [0.717, 1.165) is 23.4 Å². The molecule has 4 nitrogen and oxygen atoms in total. The average molecular weight is 379 g/mol. The first-order chi connectivity index (χ1) is 12.9. The van der Waals surface area contributed by atoms with Gasteiger partial charge in [-0.3, -0.25) is 0 Å². The number of halogens is 2. The molecule has 2 aromatic carbocycles. The van der Waals surface area contributed by atoms with Crippen LogP contribution in [0.3, 0.4) is 0 Å². The molecule has 0 heterocycles. The Balaban J connectivity index is 1.92. The van der Waals surface area contributed by atoms with E-state index in [1.165, 1.54) is 6.07 Å². The maximum atomic E-state index is 12.3. The van der Waals surface area contributed by atoms with Crippen LogP contribution in [0, 0.1) is 0 Å². The molecule has 6 heteroatoms. The van der Waals surface area contributed by atoms with Crippen LogP contribution in [0.4, 0.5) is 8.78 Å². The molecule has 0 aliphatic rings. The highest BCUT2D eigenvalue weighted by Crippen LogP contribution is 2.22. The zero-order valence-electron chi connectivity index (χ0n) is 15.8. The number of rotatable bonds is 11. The Bertz CT molecular complexity index is 695. The van der Waals surface area contributed by atoms with E-state index in [0.29, 0.717) is 19.3 Å². The second kappa shape index (κ2) is 10.8. The Labute approximate surface area is 159 Å². The predicted octanol–water partition coefficient (Wildman–Crippen LogP) is 3.76. The van der Waals surface area contributed by atoms with Crippen LogP contribution in [0.25, 0.3) is 0 Å². The van der Waals surface area contributed by atoms with Crippen molar-refractivity contribution in [3.63, 3.8) is 0 Å². The molecule has 148 valence electrons. The van der Waals surface area contributed by atoms with E-state index in [-0.39, 0.29) is 12.4 Å². The minimum Gasteiger partial charge on any atom is -0.491 e.